The Morgan fingerprint density at radius 3 is 2.60 bits per heavy atom. The smallest absolute Gasteiger partial charge is 0.247 e. The second kappa shape index (κ2) is 11.6. The molecule has 1 aromatic rings. The fourth-order valence-corrected chi connectivity index (χ4v) is 5.40. The molecule has 0 radical (unpaired) electrons. The molecule has 2 amide bonds. The van der Waals surface area contributed by atoms with Gasteiger partial charge in [0.05, 0.1) is 18.4 Å². The average molecular weight is 509 g/mol. The lowest BCUT2D eigenvalue weighted by Gasteiger charge is -2.39. The van der Waals surface area contributed by atoms with Crippen molar-refractivity contribution in [3.8, 4) is 0 Å². The zero-order chi connectivity index (χ0) is 25.6. The SMILES string of the molecule is N=C(N)N1CCCC(NC(=O)C2C=CCN2C(=O)C(CO)NS(=O)(=O)CCc2ccccc2)C1O. The molecule has 3 rings (SSSR count). The Kier molecular flexibility index (Phi) is 8.83. The van der Waals surface area contributed by atoms with Gasteiger partial charge in [0.2, 0.25) is 21.8 Å². The highest BCUT2D eigenvalue weighted by Gasteiger charge is 2.38. The summed E-state index contributed by atoms with van der Waals surface area (Å²) >= 11 is 0. The van der Waals surface area contributed by atoms with Gasteiger partial charge in [-0.25, -0.2) is 13.1 Å². The highest BCUT2D eigenvalue weighted by Crippen LogP contribution is 2.18. The number of rotatable bonds is 9. The predicted octanol–water partition coefficient (Wildman–Crippen LogP) is -1.93. The van der Waals surface area contributed by atoms with Gasteiger partial charge >= 0.3 is 0 Å². The minimum Gasteiger partial charge on any atom is -0.394 e. The van der Waals surface area contributed by atoms with E-state index in [0.29, 0.717) is 19.4 Å². The van der Waals surface area contributed by atoms with Crippen molar-refractivity contribution in [2.45, 2.75) is 43.6 Å². The summed E-state index contributed by atoms with van der Waals surface area (Å²) < 4.78 is 27.3. The number of piperidine rings is 1. The quantitative estimate of drug-likeness (QED) is 0.126. The minimum atomic E-state index is -3.90. The number of sulfonamides is 1. The lowest BCUT2D eigenvalue weighted by atomic mass is 10.0. The Labute approximate surface area is 204 Å². The molecule has 2 aliphatic rings. The fraction of sp³-hybridized carbons (Fsp3) is 0.500. The number of likely N-dealkylation sites (tertiary alicyclic amines) is 1. The van der Waals surface area contributed by atoms with Gasteiger partial charge in [0, 0.05) is 13.1 Å². The molecule has 1 fully saturated rings. The van der Waals surface area contributed by atoms with Crippen molar-refractivity contribution in [2.24, 2.45) is 5.73 Å². The second-order valence-corrected chi connectivity index (χ2v) is 10.4. The first-order valence-corrected chi connectivity index (χ1v) is 13.0. The van der Waals surface area contributed by atoms with Gasteiger partial charge in [-0.2, -0.15) is 0 Å². The number of benzene rings is 1. The van der Waals surface area contributed by atoms with E-state index in [0.717, 1.165) is 10.5 Å². The van der Waals surface area contributed by atoms with E-state index in [1.807, 2.05) is 6.07 Å². The summed E-state index contributed by atoms with van der Waals surface area (Å²) in [5, 5.41) is 30.4. The van der Waals surface area contributed by atoms with E-state index in [1.165, 1.54) is 11.0 Å². The van der Waals surface area contributed by atoms with Crippen molar-refractivity contribution in [2.75, 3.05) is 25.4 Å². The monoisotopic (exact) mass is 508 g/mol. The van der Waals surface area contributed by atoms with Crippen LogP contribution in [-0.2, 0) is 26.0 Å². The van der Waals surface area contributed by atoms with E-state index in [-0.39, 0.29) is 24.7 Å². The van der Waals surface area contributed by atoms with E-state index in [1.54, 1.807) is 30.3 Å². The summed E-state index contributed by atoms with van der Waals surface area (Å²) in [6.07, 6.45) is 3.22. The summed E-state index contributed by atoms with van der Waals surface area (Å²) in [6, 6.07) is 5.82. The third-order valence-electron chi connectivity index (χ3n) is 6.04. The number of amides is 2. The molecule has 12 nitrogen and oxygen atoms in total. The molecule has 35 heavy (non-hydrogen) atoms. The third-order valence-corrected chi connectivity index (χ3v) is 7.43. The number of nitrogens with zero attached hydrogens (tertiary/aromatic N) is 2. The van der Waals surface area contributed by atoms with Gasteiger partial charge in [-0.05, 0) is 24.8 Å². The van der Waals surface area contributed by atoms with Crippen molar-refractivity contribution in [1.82, 2.24) is 19.8 Å². The molecule has 0 spiro atoms. The summed E-state index contributed by atoms with van der Waals surface area (Å²) in [4.78, 5) is 28.4. The first-order chi connectivity index (χ1) is 16.6. The zero-order valence-electron chi connectivity index (χ0n) is 19.2. The highest BCUT2D eigenvalue weighted by atomic mass is 32.2. The molecule has 1 saturated heterocycles. The van der Waals surface area contributed by atoms with Crippen molar-refractivity contribution >= 4 is 27.8 Å². The van der Waals surface area contributed by atoms with E-state index in [2.05, 4.69) is 10.0 Å². The number of carbonyl (C=O) groups is 2. The van der Waals surface area contributed by atoms with Crippen LogP contribution in [0.4, 0.5) is 0 Å². The normalized spacial score (nSPS) is 23.2. The van der Waals surface area contributed by atoms with Gasteiger partial charge in [-0.3, -0.25) is 15.0 Å². The molecule has 4 unspecified atom stereocenters. The first kappa shape index (κ1) is 26.6. The topological polar surface area (TPSA) is 189 Å². The highest BCUT2D eigenvalue weighted by molar-refractivity contribution is 7.89. The molecule has 0 saturated carbocycles. The average Bonchev–Trinajstić information content (AvgIpc) is 3.33. The van der Waals surface area contributed by atoms with Crippen molar-refractivity contribution < 1.29 is 28.2 Å². The van der Waals surface area contributed by atoms with Crippen LogP contribution in [0.15, 0.2) is 42.5 Å². The van der Waals surface area contributed by atoms with Crippen molar-refractivity contribution in [3.63, 3.8) is 0 Å². The first-order valence-electron chi connectivity index (χ1n) is 11.3. The second-order valence-electron chi connectivity index (χ2n) is 8.52. The number of hydrogen-bond donors (Lipinski definition) is 6. The van der Waals surface area contributed by atoms with E-state index in [4.69, 9.17) is 11.1 Å². The minimum absolute atomic E-state index is 0.0615. The third kappa shape index (κ3) is 6.78. The van der Waals surface area contributed by atoms with Crippen LogP contribution in [0, 0.1) is 5.41 Å². The lowest BCUT2D eigenvalue weighted by Crippen LogP contribution is -2.61. The van der Waals surface area contributed by atoms with E-state index in [9.17, 15) is 28.2 Å². The predicted molar refractivity (Wildman–Crippen MR) is 128 cm³/mol. The summed E-state index contributed by atoms with van der Waals surface area (Å²) in [5.41, 5.74) is 6.30. The van der Waals surface area contributed by atoms with Gasteiger partial charge in [0.1, 0.15) is 18.3 Å². The number of carbonyl (C=O) groups excluding carboxylic acids is 2. The Hall–Kier alpha value is -3.00. The number of guanidine groups is 1. The molecule has 0 aromatic heterocycles. The summed E-state index contributed by atoms with van der Waals surface area (Å²) in [5.74, 6) is -1.88. The summed E-state index contributed by atoms with van der Waals surface area (Å²) in [6.45, 7) is -0.325. The number of aliphatic hydroxyl groups is 2. The van der Waals surface area contributed by atoms with Gasteiger partial charge in [-0.1, -0.05) is 42.5 Å². The maximum Gasteiger partial charge on any atom is 0.247 e. The largest absolute Gasteiger partial charge is 0.394 e. The number of aryl methyl sites for hydroxylation is 1. The van der Waals surface area contributed by atoms with Gasteiger partial charge in [-0.15, -0.1) is 0 Å². The molecule has 7 N–H and O–H groups in total. The number of nitrogens with two attached hydrogens (primary N) is 1. The van der Waals surface area contributed by atoms with Crippen LogP contribution >= 0.6 is 0 Å². The lowest BCUT2D eigenvalue weighted by molar-refractivity contribution is -0.140. The van der Waals surface area contributed by atoms with Crippen LogP contribution in [0.1, 0.15) is 18.4 Å². The Morgan fingerprint density at radius 1 is 1.23 bits per heavy atom. The van der Waals surface area contributed by atoms with E-state index < -0.39 is 52.8 Å². The molecular formula is C22H32N6O6S. The molecule has 192 valence electrons. The van der Waals surface area contributed by atoms with Crippen LogP contribution in [0.25, 0.3) is 0 Å². The Morgan fingerprint density at radius 2 is 1.94 bits per heavy atom. The zero-order valence-corrected chi connectivity index (χ0v) is 20.0. The molecule has 1 aromatic carbocycles. The van der Waals surface area contributed by atoms with Crippen LogP contribution in [-0.4, -0.2) is 96.0 Å². The van der Waals surface area contributed by atoms with Crippen LogP contribution in [0.5, 0.6) is 0 Å². The van der Waals surface area contributed by atoms with Crippen molar-refractivity contribution in [1.29, 1.82) is 5.41 Å². The van der Waals surface area contributed by atoms with Crippen molar-refractivity contribution in [3.05, 3.63) is 48.0 Å². The van der Waals surface area contributed by atoms with Crippen LogP contribution < -0.4 is 15.8 Å². The molecule has 4 atom stereocenters. The maximum absolute atomic E-state index is 13.1. The molecule has 13 heteroatoms. The van der Waals surface area contributed by atoms with E-state index >= 15 is 0 Å². The molecule has 2 heterocycles. The molecule has 0 aliphatic carbocycles. The number of hydrogen-bond acceptors (Lipinski definition) is 7. The van der Waals surface area contributed by atoms with Gasteiger partial charge < -0.3 is 31.1 Å². The van der Waals surface area contributed by atoms with Crippen LogP contribution in [0.2, 0.25) is 0 Å². The van der Waals surface area contributed by atoms with Gasteiger partial charge in [0.25, 0.3) is 0 Å². The maximum atomic E-state index is 13.1. The molecule has 2 aliphatic heterocycles. The van der Waals surface area contributed by atoms with Gasteiger partial charge in [0.15, 0.2) is 5.96 Å². The fourth-order valence-electron chi connectivity index (χ4n) is 4.17. The Bertz CT molecular complexity index is 1050. The number of nitrogens with one attached hydrogen (secondary N) is 3. The molecule has 0 bridgehead atoms. The Balaban J connectivity index is 1.61. The number of aliphatic hydroxyl groups excluding tert-OH is 2. The standard InChI is InChI=1S/C22H32N6O6S/c23-22(24)28-12-4-8-16(20(28)31)25-19(30)18-9-5-11-27(18)21(32)17(14-29)26-35(33,34)13-10-15-6-2-1-3-7-15/h1-3,5-7,9,16-18,20,26,29,31H,4,8,10-14H2,(H3,23,24)(H,25,30). The summed E-state index contributed by atoms with van der Waals surface area (Å²) in [7, 11) is -3.90. The van der Waals surface area contributed by atoms with Crippen LogP contribution in [0.3, 0.4) is 0 Å². The molecular weight excluding hydrogens is 476 g/mol.